The largest absolute Gasteiger partial charge is 0.494 e. The normalized spacial score (nSPS) is 44.3. The first-order valence-corrected chi connectivity index (χ1v) is 12.6. The molecule has 0 radical (unpaired) electrons. The van der Waals surface area contributed by atoms with E-state index >= 15 is 0 Å². The van der Waals surface area contributed by atoms with Crippen molar-refractivity contribution < 1.29 is 9.84 Å². The molecule has 0 aliphatic heterocycles. The summed E-state index contributed by atoms with van der Waals surface area (Å²) in [5.74, 6) is 4.23. The van der Waals surface area contributed by atoms with Gasteiger partial charge in [0.15, 0.2) is 0 Å². The molecule has 164 valence electrons. The molecule has 2 nitrogen and oxygen atoms in total. The van der Waals surface area contributed by atoms with Gasteiger partial charge in [-0.3, -0.25) is 0 Å². The van der Waals surface area contributed by atoms with E-state index in [4.69, 9.17) is 4.74 Å². The van der Waals surface area contributed by atoms with Crippen LogP contribution in [0.4, 0.5) is 0 Å². The van der Waals surface area contributed by atoms with Crippen LogP contribution in [0.2, 0.25) is 0 Å². The van der Waals surface area contributed by atoms with E-state index in [9.17, 15) is 5.11 Å². The Hall–Kier alpha value is -1.28. The highest BCUT2D eigenvalue weighted by Crippen LogP contribution is 2.67. The van der Waals surface area contributed by atoms with E-state index in [0.29, 0.717) is 17.9 Å². The molecule has 30 heavy (non-hydrogen) atoms. The number of fused-ring (bicyclic) bond motifs is 5. The SMILES string of the molecule is CCOc1ccc(/C=C2/C[C@@H]3[C@H]4CC[C@H]5CCCC[C@]5(C)[C@@H]4CC[C@@]3(C)[C@H]2O)cc1. The Balaban J connectivity index is 1.40. The first-order chi connectivity index (χ1) is 14.5. The van der Waals surface area contributed by atoms with Crippen LogP contribution in [0, 0.1) is 34.5 Å². The zero-order valence-corrected chi connectivity index (χ0v) is 19.2. The molecule has 0 saturated heterocycles. The van der Waals surface area contributed by atoms with E-state index in [1.54, 1.807) is 0 Å². The molecule has 0 unspecified atom stereocenters. The molecule has 4 aliphatic rings. The Bertz CT molecular complexity index is 795. The van der Waals surface area contributed by atoms with Crippen molar-refractivity contribution in [2.45, 2.75) is 84.7 Å². The molecule has 4 aliphatic carbocycles. The molecular formula is C28H40O2. The van der Waals surface area contributed by atoms with E-state index in [2.05, 4.69) is 32.1 Å². The van der Waals surface area contributed by atoms with Gasteiger partial charge in [-0.05, 0) is 104 Å². The number of ether oxygens (including phenoxy) is 1. The summed E-state index contributed by atoms with van der Waals surface area (Å²) in [6.07, 6.45) is 14.2. The Morgan fingerprint density at radius 1 is 0.967 bits per heavy atom. The summed E-state index contributed by atoms with van der Waals surface area (Å²) in [5, 5.41) is 11.4. The van der Waals surface area contributed by atoms with Crippen LogP contribution in [-0.2, 0) is 0 Å². The van der Waals surface area contributed by atoms with Gasteiger partial charge in [0.25, 0.3) is 0 Å². The number of hydrogen-bond donors (Lipinski definition) is 1. The predicted molar refractivity (Wildman–Crippen MR) is 123 cm³/mol. The quantitative estimate of drug-likeness (QED) is 0.591. The highest BCUT2D eigenvalue weighted by Gasteiger charge is 2.60. The molecule has 0 heterocycles. The van der Waals surface area contributed by atoms with Crippen molar-refractivity contribution in [3.8, 4) is 5.75 Å². The van der Waals surface area contributed by atoms with Gasteiger partial charge in [0.05, 0.1) is 12.7 Å². The fraction of sp³-hybridized carbons (Fsp3) is 0.714. The molecule has 5 rings (SSSR count). The van der Waals surface area contributed by atoms with Gasteiger partial charge >= 0.3 is 0 Å². The molecule has 2 heteroatoms. The lowest BCUT2D eigenvalue weighted by atomic mass is 9.45. The lowest BCUT2D eigenvalue weighted by Gasteiger charge is -2.60. The second kappa shape index (κ2) is 7.69. The Morgan fingerprint density at radius 3 is 2.53 bits per heavy atom. The summed E-state index contributed by atoms with van der Waals surface area (Å²) >= 11 is 0. The van der Waals surface area contributed by atoms with Crippen LogP contribution >= 0.6 is 0 Å². The third-order valence-electron chi connectivity index (χ3n) is 10.00. The topological polar surface area (TPSA) is 29.5 Å². The second-order valence-corrected chi connectivity index (χ2v) is 11.3. The predicted octanol–water partition coefficient (Wildman–Crippen LogP) is 6.87. The minimum atomic E-state index is -0.285. The first-order valence-electron chi connectivity index (χ1n) is 12.6. The van der Waals surface area contributed by atoms with Gasteiger partial charge in [-0.2, -0.15) is 0 Å². The van der Waals surface area contributed by atoms with Crippen LogP contribution in [0.15, 0.2) is 29.8 Å². The Morgan fingerprint density at radius 2 is 1.77 bits per heavy atom. The minimum Gasteiger partial charge on any atom is -0.494 e. The number of aliphatic hydroxyl groups excluding tert-OH is 1. The van der Waals surface area contributed by atoms with E-state index in [1.165, 1.54) is 62.5 Å². The second-order valence-electron chi connectivity index (χ2n) is 11.3. The van der Waals surface area contributed by atoms with Gasteiger partial charge in [0, 0.05) is 5.41 Å². The first kappa shape index (κ1) is 20.6. The van der Waals surface area contributed by atoms with Gasteiger partial charge in [-0.1, -0.05) is 44.9 Å². The number of rotatable bonds is 3. The van der Waals surface area contributed by atoms with Crippen molar-refractivity contribution in [3.63, 3.8) is 0 Å². The zero-order chi connectivity index (χ0) is 20.9. The number of benzene rings is 1. The zero-order valence-electron chi connectivity index (χ0n) is 19.2. The maximum Gasteiger partial charge on any atom is 0.119 e. The molecule has 1 aromatic rings. The van der Waals surface area contributed by atoms with Crippen LogP contribution in [-0.4, -0.2) is 17.8 Å². The smallest absolute Gasteiger partial charge is 0.119 e. The highest BCUT2D eigenvalue weighted by molar-refractivity contribution is 5.56. The fourth-order valence-corrected chi connectivity index (χ4v) is 8.33. The van der Waals surface area contributed by atoms with E-state index in [-0.39, 0.29) is 11.5 Å². The molecule has 0 spiro atoms. The highest BCUT2D eigenvalue weighted by atomic mass is 16.5. The van der Waals surface area contributed by atoms with Crippen molar-refractivity contribution in [3.05, 3.63) is 35.4 Å². The summed E-state index contributed by atoms with van der Waals surface area (Å²) in [5.41, 5.74) is 3.09. The van der Waals surface area contributed by atoms with Gasteiger partial charge < -0.3 is 9.84 Å². The number of hydrogen-bond acceptors (Lipinski definition) is 2. The summed E-state index contributed by atoms with van der Waals surface area (Å²) in [7, 11) is 0. The summed E-state index contributed by atoms with van der Waals surface area (Å²) in [4.78, 5) is 0. The van der Waals surface area contributed by atoms with Gasteiger partial charge in [-0.15, -0.1) is 0 Å². The van der Waals surface area contributed by atoms with Gasteiger partial charge in [0.1, 0.15) is 5.75 Å². The minimum absolute atomic E-state index is 0.0656. The monoisotopic (exact) mass is 408 g/mol. The molecule has 7 atom stereocenters. The molecule has 1 aromatic carbocycles. The van der Waals surface area contributed by atoms with Gasteiger partial charge in [-0.25, -0.2) is 0 Å². The molecule has 0 amide bonds. The molecule has 4 fully saturated rings. The molecule has 1 N–H and O–H groups in total. The average Bonchev–Trinajstić information content (AvgIpc) is 3.00. The lowest BCUT2D eigenvalue weighted by Crippen LogP contribution is -2.53. The molecule has 4 saturated carbocycles. The fourth-order valence-electron chi connectivity index (χ4n) is 8.33. The van der Waals surface area contributed by atoms with Crippen molar-refractivity contribution in [1.29, 1.82) is 0 Å². The standard InChI is InChI=1S/C28H40O2/c1-4-30-22-11-8-19(9-12-22)17-20-18-25-23-13-10-21-7-5-6-15-27(21,2)24(23)14-16-28(25,3)26(20)29/h8-9,11-12,17,21,23-26,29H,4-7,10,13-16,18H2,1-3H3/b20-17-/t21-,23+,24-,25-,26+,27+,28-/m1/s1. The maximum absolute atomic E-state index is 11.4. The molecule has 0 aromatic heterocycles. The van der Waals surface area contributed by atoms with E-state index in [0.717, 1.165) is 29.9 Å². The van der Waals surface area contributed by atoms with Crippen LogP contribution in [0.25, 0.3) is 6.08 Å². The van der Waals surface area contributed by atoms with Gasteiger partial charge in [0.2, 0.25) is 0 Å². The van der Waals surface area contributed by atoms with Crippen LogP contribution < -0.4 is 4.74 Å². The average molecular weight is 409 g/mol. The summed E-state index contributed by atoms with van der Waals surface area (Å²) in [6, 6.07) is 8.36. The van der Waals surface area contributed by atoms with Crippen molar-refractivity contribution >= 4 is 6.08 Å². The lowest BCUT2D eigenvalue weighted by molar-refractivity contribution is -0.119. The van der Waals surface area contributed by atoms with E-state index < -0.39 is 0 Å². The molecular weight excluding hydrogens is 368 g/mol. The number of aliphatic hydroxyl groups is 1. The third kappa shape index (κ3) is 3.17. The maximum atomic E-state index is 11.4. The summed E-state index contributed by atoms with van der Waals surface area (Å²) < 4.78 is 5.59. The summed E-state index contributed by atoms with van der Waals surface area (Å²) in [6.45, 7) is 7.74. The Kier molecular flexibility index (Phi) is 5.29. The van der Waals surface area contributed by atoms with Crippen molar-refractivity contribution in [2.75, 3.05) is 6.61 Å². The van der Waals surface area contributed by atoms with Crippen LogP contribution in [0.1, 0.15) is 84.1 Å². The van der Waals surface area contributed by atoms with Crippen molar-refractivity contribution in [2.24, 2.45) is 34.5 Å². The van der Waals surface area contributed by atoms with Crippen LogP contribution in [0.5, 0.6) is 5.75 Å². The Labute approximate surface area is 183 Å². The van der Waals surface area contributed by atoms with E-state index in [1.807, 2.05) is 19.1 Å². The third-order valence-corrected chi connectivity index (χ3v) is 10.00. The van der Waals surface area contributed by atoms with Crippen molar-refractivity contribution in [1.82, 2.24) is 0 Å². The molecule has 0 bridgehead atoms. The van der Waals surface area contributed by atoms with Crippen LogP contribution in [0.3, 0.4) is 0 Å².